The number of pyridine rings is 1. The SMILES string of the molecule is Cn1cc(C(=O)Nc2cccc(C#CCCO)n2)cn1. The van der Waals surface area contributed by atoms with Crippen molar-refractivity contribution >= 4 is 11.7 Å². The lowest BCUT2D eigenvalue weighted by Crippen LogP contribution is -2.12. The molecule has 20 heavy (non-hydrogen) atoms. The monoisotopic (exact) mass is 270 g/mol. The predicted octanol–water partition coefficient (Wildman–Crippen LogP) is 0.801. The van der Waals surface area contributed by atoms with Gasteiger partial charge in [0.1, 0.15) is 11.5 Å². The fraction of sp³-hybridized carbons (Fsp3) is 0.214. The number of rotatable bonds is 3. The van der Waals surface area contributed by atoms with Crippen molar-refractivity contribution in [1.82, 2.24) is 14.8 Å². The van der Waals surface area contributed by atoms with Gasteiger partial charge in [0.05, 0.1) is 18.4 Å². The lowest BCUT2D eigenvalue weighted by Gasteiger charge is -2.02. The molecule has 2 heterocycles. The van der Waals surface area contributed by atoms with Crippen LogP contribution in [0, 0.1) is 11.8 Å². The molecule has 0 spiro atoms. The van der Waals surface area contributed by atoms with Crippen molar-refractivity contribution < 1.29 is 9.90 Å². The summed E-state index contributed by atoms with van der Waals surface area (Å²) in [6.07, 6.45) is 3.51. The van der Waals surface area contributed by atoms with Crippen LogP contribution in [0.5, 0.6) is 0 Å². The smallest absolute Gasteiger partial charge is 0.260 e. The number of carbonyl (C=O) groups is 1. The highest BCUT2D eigenvalue weighted by Crippen LogP contribution is 2.07. The topological polar surface area (TPSA) is 80.0 Å². The lowest BCUT2D eigenvalue weighted by molar-refractivity contribution is 0.102. The number of hydrogen-bond acceptors (Lipinski definition) is 4. The molecule has 0 unspecified atom stereocenters. The quantitative estimate of drug-likeness (QED) is 0.808. The molecule has 0 atom stereocenters. The fourth-order valence-electron chi connectivity index (χ4n) is 1.51. The summed E-state index contributed by atoms with van der Waals surface area (Å²) in [4.78, 5) is 16.1. The largest absolute Gasteiger partial charge is 0.395 e. The number of anilines is 1. The molecule has 0 saturated heterocycles. The van der Waals surface area contributed by atoms with Crippen molar-refractivity contribution in [2.75, 3.05) is 11.9 Å². The molecule has 0 aliphatic rings. The first-order chi connectivity index (χ1) is 9.69. The van der Waals surface area contributed by atoms with E-state index in [0.29, 0.717) is 23.5 Å². The van der Waals surface area contributed by atoms with E-state index in [9.17, 15) is 4.79 Å². The number of nitrogens with one attached hydrogen (secondary N) is 1. The first-order valence-electron chi connectivity index (χ1n) is 6.06. The van der Waals surface area contributed by atoms with Gasteiger partial charge >= 0.3 is 0 Å². The highest BCUT2D eigenvalue weighted by molar-refractivity contribution is 6.03. The molecule has 0 bridgehead atoms. The molecule has 2 N–H and O–H groups in total. The fourth-order valence-corrected chi connectivity index (χ4v) is 1.51. The van der Waals surface area contributed by atoms with E-state index < -0.39 is 0 Å². The second-order valence-corrected chi connectivity index (χ2v) is 4.04. The Bertz CT molecular complexity index is 667. The number of hydrogen-bond donors (Lipinski definition) is 2. The lowest BCUT2D eigenvalue weighted by atomic mass is 10.3. The normalized spacial score (nSPS) is 9.70. The van der Waals surface area contributed by atoms with Crippen LogP contribution < -0.4 is 5.32 Å². The van der Waals surface area contributed by atoms with Gasteiger partial charge in [0.2, 0.25) is 0 Å². The Morgan fingerprint density at radius 1 is 1.50 bits per heavy atom. The van der Waals surface area contributed by atoms with Gasteiger partial charge in [0.25, 0.3) is 5.91 Å². The average molecular weight is 270 g/mol. The van der Waals surface area contributed by atoms with Gasteiger partial charge in [0, 0.05) is 19.7 Å². The van der Waals surface area contributed by atoms with Gasteiger partial charge in [-0.05, 0) is 18.1 Å². The summed E-state index contributed by atoms with van der Waals surface area (Å²) in [5.41, 5.74) is 1.01. The summed E-state index contributed by atoms with van der Waals surface area (Å²) in [5, 5.41) is 15.3. The third-order valence-corrected chi connectivity index (χ3v) is 2.41. The van der Waals surface area contributed by atoms with E-state index >= 15 is 0 Å². The maximum Gasteiger partial charge on any atom is 0.260 e. The van der Waals surface area contributed by atoms with Crippen molar-refractivity contribution in [3.63, 3.8) is 0 Å². The summed E-state index contributed by atoms with van der Waals surface area (Å²) in [7, 11) is 1.74. The van der Waals surface area contributed by atoms with Crippen LogP contribution in [0.2, 0.25) is 0 Å². The Morgan fingerprint density at radius 2 is 2.35 bits per heavy atom. The van der Waals surface area contributed by atoms with Gasteiger partial charge in [-0.1, -0.05) is 12.0 Å². The molecule has 2 aromatic rings. The first kappa shape index (κ1) is 13.8. The van der Waals surface area contributed by atoms with Crippen LogP contribution in [0.3, 0.4) is 0 Å². The number of amides is 1. The number of aromatic nitrogens is 3. The second kappa shape index (κ2) is 6.50. The van der Waals surface area contributed by atoms with Gasteiger partial charge in [0.15, 0.2) is 0 Å². The molecule has 0 fully saturated rings. The molecular weight excluding hydrogens is 256 g/mol. The number of nitrogens with zero attached hydrogens (tertiary/aromatic N) is 3. The van der Waals surface area contributed by atoms with E-state index in [0.717, 1.165) is 0 Å². The molecular formula is C14H14N4O2. The summed E-state index contributed by atoms with van der Waals surface area (Å²) in [5.74, 6) is 5.75. The highest BCUT2D eigenvalue weighted by Gasteiger charge is 2.08. The van der Waals surface area contributed by atoms with Crippen LogP contribution in [0.15, 0.2) is 30.6 Å². The molecule has 6 nitrogen and oxygen atoms in total. The third-order valence-electron chi connectivity index (χ3n) is 2.41. The Hall–Kier alpha value is -2.65. The van der Waals surface area contributed by atoms with Crippen molar-refractivity contribution in [3.05, 3.63) is 41.9 Å². The molecule has 6 heteroatoms. The molecule has 0 saturated carbocycles. The number of aliphatic hydroxyl groups excluding tert-OH is 1. The van der Waals surface area contributed by atoms with Gasteiger partial charge in [-0.2, -0.15) is 5.10 Å². The molecule has 102 valence electrons. The second-order valence-electron chi connectivity index (χ2n) is 4.04. The van der Waals surface area contributed by atoms with Crippen molar-refractivity contribution in [2.24, 2.45) is 7.05 Å². The zero-order chi connectivity index (χ0) is 14.4. The van der Waals surface area contributed by atoms with E-state index in [1.807, 2.05) is 0 Å². The van der Waals surface area contributed by atoms with E-state index in [-0.39, 0.29) is 12.5 Å². The Labute approximate surface area is 116 Å². The van der Waals surface area contributed by atoms with Crippen LogP contribution in [-0.2, 0) is 7.05 Å². The predicted molar refractivity (Wildman–Crippen MR) is 74.0 cm³/mol. The third kappa shape index (κ3) is 3.67. The molecule has 0 aromatic carbocycles. The Balaban J connectivity index is 2.08. The van der Waals surface area contributed by atoms with Crippen LogP contribution in [0.4, 0.5) is 5.82 Å². The van der Waals surface area contributed by atoms with Gasteiger partial charge in [-0.3, -0.25) is 9.48 Å². The molecule has 1 amide bonds. The van der Waals surface area contributed by atoms with Crippen molar-refractivity contribution in [1.29, 1.82) is 0 Å². The van der Waals surface area contributed by atoms with Gasteiger partial charge in [-0.25, -0.2) is 4.98 Å². The van der Waals surface area contributed by atoms with Crippen molar-refractivity contribution in [2.45, 2.75) is 6.42 Å². The minimum atomic E-state index is -0.272. The minimum Gasteiger partial charge on any atom is -0.395 e. The molecule has 0 aliphatic carbocycles. The maximum absolute atomic E-state index is 11.9. The number of aliphatic hydroxyl groups is 1. The molecule has 2 rings (SSSR count). The zero-order valence-corrected chi connectivity index (χ0v) is 11.0. The highest BCUT2D eigenvalue weighted by atomic mass is 16.2. The minimum absolute atomic E-state index is 0.0183. The van der Waals surface area contributed by atoms with E-state index in [1.165, 1.54) is 6.20 Å². The average Bonchev–Trinajstić information content (AvgIpc) is 2.86. The van der Waals surface area contributed by atoms with Crippen LogP contribution in [0.1, 0.15) is 22.5 Å². The van der Waals surface area contributed by atoms with Crippen LogP contribution >= 0.6 is 0 Å². The standard InChI is InChI=1S/C14H14N4O2/c1-18-10-11(9-15-18)14(20)17-13-7-4-6-12(16-13)5-2-3-8-19/h4,6-7,9-10,19H,3,8H2,1H3,(H,16,17,20). The Morgan fingerprint density at radius 3 is 3.05 bits per heavy atom. The zero-order valence-electron chi connectivity index (χ0n) is 11.0. The summed E-state index contributed by atoms with van der Waals surface area (Å²) < 4.78 is 1.55. The van der Waals surface area contributed by atoms with Gasteiger partial charge in [-0.15, -0.1) is 0 Å². The molecule has 0 aliphatic heterocycles. The number of carbonyl (C=O) groups excluding carboxylic acids is 1. The van der Waals surface area contributed by atoms with Crippen LogP contribution in [0.25, 0.3) is 0 Å². The Kier molecular flexibility index (Phi) is 4.47. The van der Waals surface area contributed by atoms with Crippen molar-refractivity contribution in [3.8, 4) is 11.8 Å². The van der Waals surface area contributed by atoms with E-state index in [1.54, 1.807) is 36.1 Å². The summed E-state index contributed by atoms with van der Waals surface area (Å²) >= 11 is 0. The summed E-state index contributed by atoms with van der Waals surface area (Å²) in [6.45, 7) is 0.0183. The van der Waals surface area contributed by atoms with E-state index in [2.05, 4.69) is 27.2 Å². The number of aryl methyl sites for hydroxylation is 1. The maximum atomic E-state index is 11.9. The van der Waals surface area contributed by atoms with Crippen LogP contribution in [-0.4, -0.2) is 32.4 Å². The molecule has 0 radical (unpaired) electrons. The van der Waals surface area contributed by atoms with Gasteiger partial charge < -0.3 is 10.4 Å². The first-order valence-corrected chi connectivity index (χ1v) is 6.06. The summed E-state index contributed by atoms with van der Waals surface area (Å²) in [6, 6.07) is 5.18. The molecule has 2 aromatic heterocycles. The van der Waals surface area contributed by atoms with E-state index in [4.69, 9.17) is 5.11 Å².